The van der Waals surface area contributed by atoms with E-state index >= 15 is 0 Å². The Labute approximate surface area is 350 Å². The highest BCUT2D eigenvalue weighted by Crippen LogP contribution is 2.63. The Hall–Kier alpha value is -7.42. The third-order valence-corrected chi connectivity index (χ3v) is 13.3. The summed E-state index contributed by atoms with van der Waals surface area (Å²) in [7, 11) is 0. The highest BCUT2D eigenvalue weighted by Gasteiger charge is 2.53. The first-order valence-electron chi connectivity index (χ1n) is 20.9. The first-order valence-corrected chi connectivity index (χ1v) is 20.9. The van der Waals surface area contributed by atoms with Crippen LogP contribution < -0.4 is 0 Å². The van der Waals surface area contributed by atoms with Crippen molar-refractivity contribution in [3.63, 3.8) is 0 Å². The van der Waals surface area contributed by atoms with Crippen LogP contribution in [0.5, 0.6) is 0 Å². The van der Waals surface area contributed by atoms with Gasteiger partial charge in [0.2, 0.25) is 0 Å². The lowest BCUT2D eigenvalue weighted by atomic mass is 9.54. The Morgan fingerprint density at radius 3 is 1.63 bits per heavy atom. The minimum Gasteiger partial charge on any atom is -0.228 e. The van der Waals surface area contributed by atoms with Gasteiger partial charge in [0.15, 0.2) is 5.82 Å². The quantitative estimate of drug-likeness (QED) is 0.167. The van der Waals surface area contributed by atoms with Crippen molar-refractivity contribution >= 4 is 21.5 Å². The van der Waals surface area contributed by atoms with Crippen LogP contribution >= 0.6 is 0 Å². The van der Waals surface area contributed by atoms with Crippen LogP contribution in [0.4, 0.5) is 0 Å². The van der Waals surface area contributed by atoms with Crippen molar-refractivity contribution in [1.29, 1.82) is 0 Å². The van der Waals surface area contributed by atoms with Crippen molar-refractivity contribution in [2.45, 2.75) is 24.7 Å². The van der Waals surface area contributed by atoms with Gasteiger partial charge in [-0.25, -0.2) is 9.97 Å². The second kappa shape index (κ2) is 13.0. The first-order chi connectivity index (χ1) is 29.5. The zero-order valence-corrected chi connectivity index (χ0v) is 33.5. The van der Waals surface area contributed by atoms with E-state index in [0.29, 0.717) is 5.82 Å². The summed E-state index contributed by atoms with van der Waals surface area (Å²) in [5.41, 5.74) is 17.4. The Morgan fingerprint density at radius 2 is 0.867 bits per heavy atom. The van der Waals surface area contributed by atoms with Crippen molar-refractivity contribution < 1.29 is 0 Å². The molecule has 0 amide bonds. The molecule has 0 radical (unpaired) electrons. The molecule has 0 bridgehead atoms. The van der Waals surface area contributed by atoms with Gasteiger partial charge in [-0.15, -0.1) is 0 Å². The van der Waals surface area contributed by atoms with Crippen LogP contribution in [0.3, 0.4) is 0 Å². The fraction of sp³-hybridized carbons (Fsp3) is 0.0690. The molecule has 2 aliphatic carbocycles. The van der Waals surface area contributed by atoms with Crippen molar-refractivity contribution in [3.05, 3.63) is 240 Å². The summed E-state index contributed by atoms with van der Waals surface area (Å²) in [6, 6.07) is 75.5. The lowest BCUT2D eigenvalue weighted by molar-refractivity contribution is 0.565. The van der Waals surface area contributed by atoms with Gasteiger partial charge in [0.1, 0.15) is 0 Å². The minimum atomic E-state index is -0.444. The predicted octanol–water partition coefficient (Wildman–Crippen LogP) is 14.5. The van der Waals surface area contributed by atoms with Crippen molar-refractivity contribution in [2.24, 2.45) is 0 Å². The van der Waals surface area contributed by atoms with Gasteiger partial charge in [0.05, 0.1) is 16.8 Å². The number of hydrogen-bond donors (Lipinski definition) is 0. The molecule has 0 unspecified atom stereocenters. The Bertz CT molecular complexity index is 3310. The molecule has 282 valence electrons. The highest BCUT2D eigenvalue weighted by molar-refractivity contribution is 6.08. The van der Waals surface area contributed by atoms with E-state index < -0.39 is 5.41 Å². The van der Waals surface area contributed by atoms with Gasteiger partial charge in [-0.1, -0.05) is 202 Å². The third-order valence-electron chi connectivity index (χ3n) is 13.3. The lowest BCUT2D eigenvalue weighted by Gasteiger charge is -2.47. The molecule has 2 aliphatic rings. The topological polar surface area (TPSA) is 25.8 Å². The molecular formula is C58H40N2. The summed E-state index contributed by atoms with van der Waals surface area (Å²) < 4.78 is 0. The van der Waals surface area contributed by atoms with Crippen molar-refractivity contribution in [3.8, 4) is 56.2 Å². The number of nitrogens with zero attached hydrogens (tertiary/aromatic N) is 2. The molecule has 0 saturated carbocycles. The van der Waals surface area contributed by atoms with Crippen LogP contribution in [-0.2, 0) is 10.8 Å². The van der Waals surface area contributed by atoms with Gasteiger partial charge in [-0.05, 0) is 95.4 Å². The fourth-order valence-electron chi connectivity index (χ4n) is 10.7. The molecule has 0 N–H and O–H groups in total. The first kappa shape index (κ1) is 34.6. The molecule has 10 aromatic rings. The van der Waals surface area contributed by atoms with Crippen LogP contribution in [0, 0.1) is 0 Å². The van der Waals surface area contributed by atoms with Gasteiger partial charge in [-0.3, -0.25) is 0 Å². The number of hydrogen-bond acceptors (Lipinski definition) is 2. The average molecular weight is 765 g/mol. The Kier molecular flexibility index (Phi) is 7.52. The molecule has 0 saturated heterocycles. The van der Waals surface area contributed by atoms with Crippen LogP contribution in [-0.4, -0.2) is 9.97 Å². The monoisotopic (exact) mass is 764 g/mol. The van der Waals surface area contributed by atoms with Crippen LogP contribution in [0.25, 0.3) is 77.7 Å². The van der Waals surface area contributed by atoms with E-state index in [4.69, 9.17) is 9.97 Å². The van der Waals surface area contributed by atoms with Gasteiger partial charge in [0, 0.05) is 22.1 Å². The second-order valence-electron chi connectivity index (χ2n) is 16.9. The van der Waals surface area contributed by atoms with E-state index in [1.54, 1.807) is 0 Å². The van der Waals surface area contributed by atoms with E-state index in [-0.39, 0.29) is 5.41 Å². The normalized spacial score (nSPS) is 14.1. The smallest absolute Gasteiger partial charge is 0.160 e. The maximum absolute atomic E-state index is 5.28. The lowest BCUT2D eigenvalue weighted by Crippen LogP contribution is -2.41. The zero-order valence-electron chi connectivity index (χ0n) is 33.5. The highest BCUT2D eigenvalue weighted by atomic mass is 14.9. The van der Waals surface area contributed by atoms with Gasteiger partial charge < -0.3 is 0 Å². The molecular weight excluding hydrogens is 725 g/mol. The minimum absolute atomic E-state index is 0.278. The van der Waals surface area contributed by atoms with E-state index in [2.05, 4.69) is 214 Å². The largest absolute Gasteiger partial charge is 0.228 e. The number of rotatable bonds is 4. The average Bonchev–Trinajstić information content (AvgIpc) is 3.61. The van der Waals surface area contributed by atoms with E-state index in [1.165, 1.54) is 77.2 Å². The standard InChI is InChI=1S/C58H40N2/c1-57(2)50-27-12-13-28-51(50)58(48-25-10-8-22-46(48)47-23-9-11-26-49(47)58)52-29-15-24-45(55(52)57)39-19-14-20-41(34-39)53-36-54(60-56(59-53)38-17-4-3-5-18-38)42-32-33-44-40(35-42)31-30-37-16-6-7-21-43(37)44/h3-36H,1-2H3. The summed E-state index contributed by atoms with van der Waals surface area (Å²) in [4.78, 5) is 10.5. The van der Waals surface area contributed by atoms with Crippen LogP contribution in [0.15, 0.2) is 206 Å². The molecule has 12 rings (SSSR count). The molecule has 1 heterocycles. The molecule has 0 atom stereocenters. The van der Waals surface area contributed by atoms with Crippen LogP contribution in [0.1, 0.15) is 47.2 Å². The second-order valence-corrected chi connectivity index (χ2v) is 16.9. The SMILES string of the molecule is CC1(C)c2ccccc2C2(c3ccccc3-c3ccccc32)c2cccc(-c3cccc(-c4cc(-c5ccc6c(ccc7ccccc76)c5)nc(-c5ccccc5)n4)c3)c21. The molecule has 0 aliphatic heterocycles. The Morgan fingerprint density at radius 1 is 0.333 bits per heavy atom. The van der Waals surface area contributed by atoms with Gasteiger partial charge >= 0.3 is 0 Å². The molecule has 0 fully saturated rings. The number of benzene rings is 9. The van der Waals surface area contributed by atoms with Crippen LogP contribution in [0.2, 0.25) is 0 Å². The summed E-state index contributed by atoms with van der Waals surface area (Å²) in [5.74, 6) is 0.711. The maximum atomic E-state index is 5.28. The van der Waals surface area contributed by atoms with Crippen molar-refractivity contribution in [1.82, 2.24) is 9.97 Å². The molecule has 2 nitrogen and oxygen atoms in total. The van der Waals surface area contributed by atoms with Gasteiger partial charge in [0.25, 0.3) is 0 Å². The summed E-state index contributed by atoms with van der Waals surface area (Å²) in [6.45, 7) is 4.82. The van der Waals surface area contributed by atoms with E-state index in [1.807, 2.05) is 6.07 Å². The zero-order chi connectivity index (χ0) is 40.0. The molecule has 1 spiro atoms. The molecule has 60 heavy (non-hydrogen) atoms. The third kappa shape index (κ3) is 4.94. The molecule has 2 heteroatoms. The maximum Gasteiger partial charge on any atom is 0.160 e. The number of fused-ring (bicyclic) bond motifs is 12. The molecule has 9 aromatic carbocycles. The fourth-order valence-corrected chi connectivity index (χ4v) is 10.7. The van der Waals surface area contributed by atoms with Crippen molar-refractivity contribution in [2.75, 3.05) is 0 Å². The summed E-state index contributed by atoms with van der Waals surface area (Å²) in [5, 5.41) is 4.94. The molecule has 1 aromatic heterocycles. The van der Waals surface area contributed by atoms with E-state index in [9.17, 15) is 0 Å². The predicted molar refractivity (Wildman–Crippen MR) is 248 cm³/mol. The Balaban J connectivity index is 1.06. The van der Waals surface area contributed by atoms with E-state index in [0.717, 1.165) is 28.1 Å². The van der Waals surface area contributed by atoms with Gasteiger partial charge in [-0.2, -0.15) is 0 Å². The summed E-state index contributed by atoms with van der Waals surface area (Å²) in [6.07, 6.45) is 0. The summed E-state index contributed by atoms with van der Waals surface area (Å²) >= 11 is 0. The number of aromatic nitrogens is 2.